The van der Waals surface area contributed by atoms with Gasteiger partial charge in [0.2, 0.25) is 0 Å². The SMILES string of the molecule is Cl.O=C(c1cn(-c2ccccc2C(F)(F)F)nn1)N1CC[C@@H]2CNC[C@@H]2CC1. The largest absolute Gasteiger partial charge is 0.418 e. The monoisotopic (exact) mass is 415 g/mol. The Bertz CT molecular complexity index is 827. The molecule has 0 radical (unpaired) electrons. The maximum absolute atomic E-state index is 13.2. The van der Waals surface area contributed by atoms with E-state index in [0.717, 1.165) is 36.7 Å². The highest BCUT2D eigenvalue weighted by molar-refractivity contribution is 5.92. The van der Waals surface area contributed by atoms with Crippen LogP contribution in [0.25, 0.3) is 5.69 Å². The number of alkyl halides is 3. The molecule has 1 aromatic heterocycles. The van der Waals surface area contributed by atoms with Gasteiger partial charge in [-0.1, -0.05) is 17.3 Å². The molecule has 28 heavy (non-hydrogen) atoms. The Kier molecular flexibility index (Phi) is 5.95. The fourth-order valence-electron chi connectivity index (χ4n) is 3.98. The molecule has 1 N–H and O–H groups in total. The van der Waals surface area contributed by atoms with Gasteiger partial charge in [0.25, 0.3) is 5.91 Å². The van der Waals surface area contributed by atoms with Crippen molar-refractivity contribution < 1.29 is 18.0 Å². The van der Waals surface area contributed by atoms with Gasteiger partial charge in [-0.05, 0) is 49.9 Å². The Hall–Kier alpha value is -2.13. The maximum atomic E-state index is 13.2. The van der Waals surface area contributed by atoms with Crippen molar-refractivity contribution in [2.45, 2.75) is 19.0 Å². The lowest BCUT2D eigenvalue weighted by Gasteiger charge is -2.19. The molecular weight excluding hydrogens is 395 g/mol. The molecule has 2 aliphatic rings. The molecule has 4 rings (SSSR count). The van der Waals surface area contributed by atoms with Crippen molar-refractivity contribution in [2.75, 3.05) is 26.2 Å². The zero-order valence-electron chi connectivity index (χ0n) is 15.0. The molecule has 2 atom stereocenters. The highest BCUT2D eigenvalue weighted by atomic mass is 35.5. The number of hydrogen-bond acceptors (Lipinski definition) is 4. The molecule has 0 aliphatic carbocycles. The number of halogens is 4. The van der Waals surface area contributed by atoms with Gasteiger partial charge in [-0.2, -0.15) is 13.2 Å². The van der Waals surface area contributed by atoms with E-state index < -0.39 is 11.7 Å². The molecule has 0 unspecified atom stereocenters. The van der Waals surface area contributed by atoms with E-state index in [4.69, 9.17) is 0 Å². The molecule has 2 saturated heterocycles. The van der Waals surface area contributed by atoms with Crippen LogP contribution in [0.15, 0.2) is 30.5 Å². The van der Waals surface area contributed by atoms with Gasteiger partial charge >= 0.3 is 6.18 Å². The van der Waals surface area contributed by atoms with Gasteiger partial charge in [-0.25, -0.2) is 4.68 Å². The first-order chi connectivity index (χ1) is 12.9. The Morgan fingerprint density at radius 1 is 1.11 bits per heavy atom. The maximum Gasteiger partial charge on any atom is 0.418 e. The van der Waals surface area contributed by atoms with Crippen LogP contribution in [0.1, 0.15) is 28.9 Å². The third-order valence-electron chi connectivity index (χ3n) is 5.48. The standard InChI is InChI=1S/C18H20F3N5O.ClH/c19-18(20,21)14-3-1-2-4-16(14)26-11-15(23-24-26)17(27)25-7-5-12-9-22-10-13(12)6-8-25;/h1-4,11-13,22H,5-10H2;1H/t12-,13+;. The molecule has 6 nitrogen and oxygen atoms in total. The number of likely N-dealkylation sites (tertiary alicyclic amines) is 1. The van der Waals surface area contributed by atoms with Crippen LogP contribution in [-0.2, 0) is 6.18 Å². The Labute approximate surface area is 166 Å². The molecule has 0 spiro atoms. The normalized spacial score (nSPS) is 22.3. The quantitative estimate of drug-likeness (QED) is 0.819. The molecule has 3 heterocycles. The van der Waals surface area contributed by atoms with E-state index in [1.807, 2.05) is 0 Å². The van der Waals surface area contributed by atoms with Crippen LogP contribution in [0.2, 0.25) is 0 Å². The van der Waals surface area contributed by atoms with Crippen LogP contribution in [-0.4, -0.2) is 52.0 Å². The third kappa shape index (κ3) is 4.00. The van der Waals surface area contributed by atoms with Crippen LogP contribution in [0, 0.1) is 11.8 Å². The van der Waals surface area contributed by atoms with Crippen molar-refractivity contribution in [3.63, 3.8) is 0 Å². The van der Waals surface area contributed by atoms with E-state index in [-0.39, 0.29) is 29.7 Å². The number of aromatic nitrogens is 3. The molecule has 1 aromatic carbocycles. The minimum absolute atomic E-state index is 0. The lowest BCUT2D eigenvalue weighted by molar-refractivity contribution is -0.137. The van der Waals surface area contributed by atoms with Gasteiger partial charge in [0.15, 0.2) is 5.69 Å². The minimum atomic E-state index is -4.51. The van der Waals surface area contributed by atoms with Crippen LogP contribution in [0.4, 0.5) is 13.2 Å². The van der Waals surface area contributed by atoms with Gasteiger partial charge in [-0.15, -0.1) is 17.5 Å². The van der Waals surface area contributed by atoms with E-state index in [1.54, 1.807) is 4.90 Å². The van der Waals surface area contributed by atoms with Crippen LogP contribution < -0.4 is 5.32 Å². The lowest BCUT2D eigenvalue weighted by Crippen LogP contribution is -2.33. The minimum Gasteiger partial charge on any atom is -0.337 e. The number of para-hydroxylation sites is 1. The lowest BCUT2D eigenvalue weighted by atomic mass is 9.92. The second-order valence-electron chi connectivity index (χ2n) is 7.11. The molecule has 1 amide bonds. The summed E-state index contributed by atoms with van der Waals surface area (Å²) in [5, 5.41) is 11.0. The number of carbonyl (C=O) groups is 1. The number of rotatable bonds is 2. The molecule has 2 fully saturated rings. The zero-order chi connectivity index (χ0) is 19.0. The summed E-state index contributed by atoms with van der Waals surface area (Å²) in [6.45, 7) is 3.23. The van der Waals surface area contributed by atoms with Crippen molar-refractivity contribution in [3.05, 3.63) is 41.7 Å². The van der Waals surface area contributed by atoms with E-state index in [0.29, 0.717) is 24.9 Å². The summed E-state index contributed by atoms with van der Waals surface area (Å²) in [5.74, 6) is 0.882. The van der Waals surface area contributed by atoms with Gasteiger partial charge in [0.05, 0.1) is 17.4 Å². The zero-order valence-corrected chi connectivity index (χ0v) is 15.8. The summed E-state index contributed by atoms with van der Waals surface area (Å²) in [5.41, 5.74) is -0.894. The highest BCUT2D eigenvalue weighted by Gasteiger charge is 2.35. The van der Waals surface area contributed by atoms with Crippen molar-refractivity contribution in [1.29, 1.82) is 0 Å². The summed E-state index contributed by atoms with van der Waals surface area (Å²) < 4.78 is 40.6. The Morgan fingerprint density at radius 2 is 1.75 bits per heavy atom. The second kappa shape index (κ2) is 8.08. The number of carbonyl (C=O) groups excluding carboxylic acids is 1. The molecule has 2 aliphatic heterocycles. The number of benzene rings is 1. The predicted molar refractivity (Wildman–Crippen MR) is 98.6 cm³/mol. The smallest absolute Gasteiger partial charge is 0.337 e. The summed E-state index contributed by atoms with van der Waals surface area (Å²) in [6, 6.07) is 5.11. The average Bonchev–Trinajstić information content (AvgIpc) is 3.26. The fourth-order valence-corrected chi connectivity index (χ4v) is 3.98. The Morgan fingerprint density at radius 3 is 2.39 bits per heavy atom. The van der Waals surface area contributed by atoms with Crippen molar-refractivity contribution in [3.8, 4) is 5.69 Å². The summed E-state index contributed by atoms with van der Waals surface area (Å²) >= 11 is 0. The van der Waals surface area contributed by atoms with Gasteiger partial charge in [0, 0.05) is 13.1 Å². The number of fused-ring (bicyclic) bond motifs is 1. The topological polar surface area (TPSA) is 63.1 Å². The van der Waals surface area contributed by atoms with Crippen LogP contribution in [0.3, 0.4) is 0 Å². The third-order valence-corrected chi connectivity index (χ3v) is 5.48. The molecule has 10 heteroatoms. The molecule has 2 aromatic rings. The highest BCUT2D eigenvalue weighted by Crippen LogP contribution is 2.33. The van der Waals surface area contributed by atoms with Crippen LogP contribution in [0.5, 0.6) is 0 Å². The predicted octanol–water partition coefficient (Wildman–Crippen LogP) is 2.78. The number of amides is 1. The Balaban J connectivity index is 0.00000225. The van der Waals surface area contributed by atoms with E-state index >= 15 is 0 Å². The summed E-state index contributed by atoms with van der Waals surface area (Å²) in [6.07, 6.45) is -1.38. The van der Waals surface area contributed by atoms with Crippen molar-refractivity contribution in [1.82, 2.24) is 25.2 Å². The first-order valence-corrected chi connectivity index (χ1v) is 9.02. The number of nitrogens with one attached hydrogen (secondary N) is 1. The van der Waals surface area contributed by atoms with E-state index in [2.05, 4.69) is 15.6 Å². The average molecular weight is 416 g/mol. The van der Waals surface area contributed by atoms with Crippen molar-refractivity contribution in [2.24, 2.45) is 11.8 Å². The molecule has 152 valence electrons. The van der Waals surface area contributed by atoms with Gasteiger partial charge in [-0.3, -0.25) is 4.79 Å². The number of nitrogens with zero attached hydrogens (tertiary/aromatic N) is 4. The molecule has 0 bridgehead atoms. The number of hydrogen-bond donors (Lipinski definition) is 1. The summed E-state index contributed by atoms with van der Waals surface area (Å²) in [7, 11) is 0. The van der Waals surface area contributed by atoms with Gasteiger partial charge < -0.3 is 10.2 Å². The molecular formula is C18H21ClF3N5O. The fraction of sp³-hybridized carbons (Fsp3) is 0.500. The second-order valence-corrected chi connectivity index (χ2v) is 7.11. The van der Waals surface area contributed by atoms with E-state index in [1.165, 1.54) is 24.4 Å². The van der Waals surface area contributed by atoms with E-state index in [9.17, 15) is 18.0 Å². The summed E-state index contributed by atoms with van der Waals surface area (Å²) in [4.78, 5) is 14.5. The van der Waals surface area contributed by atoms with Gasteiger partial charge in [0.1, 0.15) is 0 Å². The first-order valence-electron chi connectivity index (χ1n) is 9.02. The van der Waals surface area contributed by atoms with Crippen molar-refractivity contribution >= 4 is 18.3 Å². The first kappa shape index (κ1) is 20.6. The van der Waals surface area contributed by atoms with Crippen LogP contribution >= 0.6 is 12.4 Å². The molecule has 0 saturated carbocycles.